The molecule has 1 aliphatic heterocycles. The molecule has 0 aromatic heterocycles. The van der Waals surface area contributed by atoms with E-state index in [0.717, 1.165) is 62.1 Å². The Bertz CT molecular complexity index is 802. The first-order chi connectivity index (χ1) is 14.0. The van der Waals surface area contributed by atoms with Crippen LogP contribution in [0, 0.1) is 6.92 Å². The number of hydrogen-bond acceptors (Lipinski definition) is 3. The first-order valence-electron chi connectivity index (χ1n) is 10.4. The Morgan fingerprint density at radius 1 is 1.17 bits per heavy atom. The molecule has 3 rings (SSSR count). The fourth-order valence-electron chi connectivity index (χ4n) is 3.56. The van der Waals surface area contributed by atoms with Gasteiger partial charge in [0, 0.05) is 16.4 Å². The van der Waals surface area contributed by atoms with Gasteiger partial charge in [0.25, 0.3) is 5.91 Å². The maximum atomic E-state index is 12.4. The normalized spacial score (nSPS) is 14.7. The monoisotopic (exact) mass is 416 g/mol. The zero-order valence-electron chi connectivity index (χ0n) is 17.3. The number of aryl methyl sites for hydroxylation is 1. The van der Waals surface area contributed by atoms with E-state index in [1.807, 2.05) is 36.4 Å². The van der Waals surface area contributed by atoms with Crippen molar-refractivity contribution >= 4 is 28.9 Å². The van der Waals surface area contributed by atoms with Gasteiger partial charge in [0.1, 0.15) is 5.75 Å². The third-order valence-corrected chi connectivity index (χ3v) is 5.53. The predicted octanol–water partition coefficient (Wildman–Crippen LogP) is 3.17. The molecule has 5 nitrogen and oxygen atoms in total. The zero-order chi connectivity index (χ0) is 20.6. The number of rotatable bonds is 8. The highest BCUT2D eigenvalue weighted by molar-refractivity contribution is 6.30. The molecule has 0 atom stereocenters. The van der Waals surface area contributed by atoms with Crippen molar-refractivity contribution in [2.24, 2.45) is 0 Å². The van der Waals surface area contributed by atoms with E-state index >= 15 is 0 Å². The highest BCUT2D eigenvalue weighted by Gasteiger charge is 2.23. The minimum absolute atomic E-state index is 0.0482. The fraction of sp³-hybridized carbons (Fsp3) is 0.435. The molecule has 0 aliphatic carbocycles. The third kappa shape index (κ3) is 6.38. The summed E-state index contributed by atoms with van der Waals surface area (Å²) in [6.07, 6.45) is 2.16. The van der Waals surface area contributed by atoms with Crippen LogP contribution in [0.4, 0.5) is 11.4 Å². The molecule has 1 heterocycles. The number of hydrogen-bond donors (Lipinski definition) is 2. The molecule has 2 aromatic rings. The summed E-state index contributed by atoms with van der Waals surface area (Å²) in [5.41, 5.74) is 3.24. The Kier molecular flexibility index (Phi) is 7.78. The quantitative estimate of drug-likeness (QED) is 0.650. The van der Waals surface area contributed by atoms with Gasteiger partial charge in [0.15, 0.2) is 6.54 Å². The number of ether oxygens (including phenoxy) is 1. The molecule has 6 heteroatoms. The predicted molar refractivity (Wildman–Crippen MR) is 119 cm³/mol. The van der Waals surface area contributed by atoms with Crippen LogP contribution in [-0.2, 0) is 4.79 Å². The summed E-state index contributed by atoms with van der Waals surface area (Å²) < 4.78 is 5.66. The highest BCUT2D eigenvalue weighted by atomic mass is 35.5. The minimum Gasteiger partial charge on any atom is -0.494 e. The summed E-state index contributed by atoms with van der Waals surface area (Å²) in [4.78, 5) is 16.1. The van der Waals surface area contributed by atoms with Gasteiger partial charge in [-0.25, -0.2) is 0 Å². The topological polar surface area (TPSA) is 46.0 Å². The van der Waals surface area contributed by atoms with Gasteiger partial charge in [-0.3, -0.25) is 4.79 Å². The van der Waals surface area contributed by atoms with Crippen LogP contribution in [0.3, 0.4) is 0 Å². The van der Waals surface area contributed by atoms with Gasteiger partial charge in [0.05, 0.1) is 32.8 Å². The van der Waals surface area contributed by atoms with E-state index in [2.05, 4.69) is 30.1 Å². The van der Waals surface area contributed by atoms with E-state index in [1.54, 1.807) is 0 Å². The number of piperazine rings is 1. The van der Waals surface area contributed by atoms with Crippen molar-refractivity contribution in [1.29, 1.82) is 0 Å². The Balaban J connectivity index is 1.44. The average Bonchev–Trinajstić information content (AvgIpc) is 2.72. The average molecular weight is 417 g/mol. The van der Waals surface area contributed by atoms with Gasteiger partial charge >= 0.3 is 0 Å². The summed E-state index contributed by atoms with van der Waals surface area (Å²) in [6, 6.07) is 13.6. The number of anilines is 2. The van der Waals surface area contributed by atoms with Crippen LogP contribution in [0.2, 0.25) is 5.02 Å². The summed E-state index contributed by atoms with van der Waals surface area (Å²) >= 11 is 6.16. The molecule has 156 valence electrons. The molecular formula is C23H31ClN3O2+. The third-order valence-electron chi connectivity index (χ3n) is 5.30. The second-order valence-electron chi connectivity index (χ2n) is 7.62. The standard InChI is InChI=1S/C23H30ClN3O2/c1-3-4-15-29-21-9-7-20(8-10-21)25-23(28)17-26-11-13-27(14-12-26)22-16-19(24)6-5-18(22)2/h5-10,16H,3-4,11-15,17H2,1-2H3,(H,25,28)/p+1. The van der Waals surface area contributed by atoms with Crippen LogP contribution >= 0.6 is 11.6 Å². The molecule has 2 aromatic carbocycles. The number of unbranched alkanes of at least 4 members (excludes halogenated alkanes) is 1. The number of carbonyl (C=O) groups is 1. The van der Waals surface area contributed by atoms with E-state index in [-0.39, 0.29) is 5.91 Å². The lowest BCUT2D eigenvalue weighted by Crippen LogP contribution is -3.15. The van der Waals surface area contributed by atoms with Crippen molar-refractivity contribution in [3.63, 3.8) is 0 Å². The van der Waals surface area contributed by atoms with E-state index in [4.69, 9.17) is 16.3 Å². The molecule has 1 fully saturated rings. The van der Waals surface area contributed by atoms with Crippen molar-refractivity contribution in [3.05, 3.63) is 53.1 Å². The first kappa shape index (κ1) is 21.5. The van der Waals surface area contributed by atoms with Gasteiger partial charge in [-0.1, -0.05) is 31.0 Å². The number of nitrogens with zero attached hydrogens (tertiary/aromatic N) is 1. The van der Waals surface area contributed by atoms with Gasteiger partial charge in [-0.05, 0) is 55.3 Å². The van der Waals surface area contributed by atoms with Crippen LogP contribution in [0.5, 0.6) is 5.75 Å². The number of carbonyl (C=O) groups excluding carboxylic acids is 1. The summed E-state index contributed by atoms with van der Waals surface area (Å²) in [7, 11) is 0. The molecule has 0 bridgehead atoms. The van der Waals surface area contributed by atoms with Crippen molar-refractivity contribution in [1.82, 2.24) is 0 Å². The van der Waals surface area contributed by atoms with Crippen molar-refractivity contribution in [2.45, 2.75) is 26.7 Å². The molecule has 1 amide bonds. The fourth-order valence-corrected chi connectivity index (χ4v) is 3.73. The maximum Gasteiger partial charge on any atom is 0.279 e. The van der Waals surface area contributed by atoms with E-state index < -0.39 is 0 Å². The highest BCUT2D eigenvalue weighted by Crippen LogP contribution is 2.24. The van der Waals surface area contributed by atoms with Crippen LogP contribution in [0.1, 0.15) is 25.3 Å². The zero-order valence-corrected chi connectivity index (χ0v) is 18.1. The molecule has 29 heavy (non-hydrogen) atoms. The van der Waals surface area contributed by atoms with Crippen LogP contribution in [0.15, 0.2) is 42.5 Å². The van der Waals surface area contributed by atoms with Gasteiger partial charge in [0.2, 0.25) is 0 Å². The maximum absolute atomic E-state index is 12.4. The number of amides is 1. The van der Waals surface area contributed by atoms with Gasteiger partial charge < -0.3 is 19.9 Å². The molecular weight excluding hydrogens is 386 g/mol. The van der Waals surface area contributed by atoms with E-state index in [0.29, 0.717) is 6.54 Å². The lowest BCUT2D eigenvalue weighted by molar-refractivity contribution is -0.892. The van der Waals surface area contributed by atoms with Crippen molar-refractivity contribution in [3.8, 4) is 5.75 Å². The lowest BCUT2D eigenvalue weighted by Gasteiger charge is -2.34. The SMILES string of the molecule is CCCCOc1ccc(NC(=O)C[NH+]2CCN(c3cc(Cl)ccc3C)CC2)cc1. The van der Waals surface area contributed by atoms with E-state index in [9.17, 15) is 4.79 Å². The molecule has 2 N–H and O–H groups in total. The molecule has 0 saturated carbocycles. The van der Waals surface area contributed by atoms with Crippen LogP contribution in [-0.4, -0.2) is 45.2 Å². The molecule has 0 unspecified atom stereocenters. The smallest absolute Gasteiger partial charge is 0.279 e. The van der Waals surface area contributed by atoms with Gasteiger partial charge in [-0.2, -0.15) is 0 Å². The van der Waals surface area contributed by atoms with Crippen molar-refractivity contribution in [2.75, 3.05) is 49.5 Å². The minimum atomic E-state index is 0.0482. The van der Waals surface area contributed by atoms with Crippen LogP contribution < -0.4 is 19.9 Å². The van der Waals surface area contributed by atoms with Crippen molar-refractivity contribution < 1.29 is 14.4 Å². The van der Waals surface area contributed by atoms with Gasteiger partial charge in [-0.15, -0.1) is 0 Å². The Labute approximate surface area is 178 Å². The second kappa shape index (κ2) is 10.5. The lowest BCUT2D eigenvalue weighted by atomic mass is 10.1. The summed E-state index contributed by atoms with van der Waals surface area (Å²) in [5, 5.41) is 3.76. The number of nitrogens with one attached hydrogen (secondary N) is 2. The largest absolute Gasteiger partial charge is 0.494 e. The molecule has 0 spiro atoms. The summed E-state index contributed by atoms with van der Waals surface area (Å²) in [6.45, 7) is 9.18. The van der Waals surface area contributed by atoms with E-state index in [1.165, 1.54) is 16.2 Å². The Morgan fingerprint density at radius 2 is 1.90 bits per heavy atom. The first-order valence-corrected chi connectivity index (χ1v) is 10.8. The Hall–Kier alpha value is -2.24. The number of benzene rings is 2. The second-order valence-corrected chi connectivity index (χ2v) is 8.06. The number of quaternary nitrogens is 1. The number of halogens is 1. The summed E-state index contributed by atoms with van der Waals surface area (Å²) in [5.74, 6) is 0.890. The van der Waals surface area contributed by atoms with Crippen LogP contribution in [0.25, 0.3) is 0 Å². The molecule has 0 radical (unpaired) electrons. The Morgan fingerprint density at radius 3 is 2.59 bits per heavy atom. The molecule has 1 aliphatic rings. The molecule has 1 saturated heterocycles.